The fraction of sp³-hybridized carbons (Fsp3) is 0.417. The Labute approximate surface area is 107 Å². The van der Waals surface area contributed by atoms with Crippen molar-refractivity contribution in [3.05, 3.63) is 29.8 Å². The minimum atomic E-state index is 0.490. The summed E-state index contributed by atoms with van der Waals surface area (Å²) >= 11 is 0. The lowest BCUT2D eigenvalue weighted by Gasteiger charge is -2.09. The van der Waals surface area contributed by atoms with Gasteiger partial charge in [-0.1, -0.05) is 18.2 Å². The predicted molar refractivity (Wildman–Crippen MR) is 71.3 cm³/mol. The Hall–Kier alpha value is -1.79. The molecule has 0 aromatic heterocycles. The first-order valence-corrected chi connectivity index (χ1v) is 5.67. The fourth-order valence-corrected chi connectivity index (χ4v) is 1.42. The molecule has 0 unspecified atom stereocenters. The van der Waals surface area contributed by atoms with E-state index in [4.69, 9.17) is 15.3 Å². The lowest BCUT2D eigenvalue weighted by atomic mass is 10.2. The van der Waals surface area contributed by atoms with E-state index in [-0.39, 0.29) is 0 Å². The van der Waals surface area contributed by atoms with Crippen LogP contribution in [0.25, 0.3) is 0 Å². The Balaban J connectivity index is 2.59. The number of benzene rings is 1. The second kappa shape index (κ2) is 8.32. The molecule has 0 aliphatic heterocycles. The maximum absolute atomic E-state index is 5.37. The van der Waals surface area contributed by atoms with Gasteiger partial charge in [0.05, 0.1) is 20.3 Å². The summed E-state index contributed by atoms with van der Waals surface area (Å²) in [6.45, 7) is 1.73. The standard InChI is InChI=1S/C12H20N4O2/c1-17-8-7-14-12(16-13)15-9-10-5-3-4-6-11(10)18-2/h3-6H,7-9,13H2,1-2H3,(H2,14,15,16). The molecule has 1 aromatic carbocycles. The number of hydrogen-bond donors (Lipinski definition) is 3. The normalized spacial score (nSPS) is 11.2. The van der Waals surface area contributed by atoms with Gasteiger partial charge in [-0.15, -0.1) is 0 Å². The lowest BCUT2D eigenvalue weighted by molar-refractivity contribution is 0.203. The number of nitrogens with zero attached hydrogens (tertiary/aromatic N) is 1. The largest absolute Gasteiger partial charge is 0.496 e. The van der Waals surface area contributed by atoms with Crippen molar-refractivity contribution in [2.45, 2.75) is 6.54 Å². The fourth-order valence-electron chi connectivity index (χ4n) is 1.42. The van der Waals surface area contributed by atoms with Gasteiger partial charge in [-0.05, 0) is 6.07 Å². The third kappa shape index (κ3) is 4.60. The van der Waals surface area contributed by atoms with Crippen LogP contribution in [0.15, 0.2) is 29.3 Å². The monoisotopic (exact) mass is 252 g/mol. The van der Waals surface area contributed by atoms with E-state index < -0.39 is 0 Å². The van der Waals surface area contributed by atoms with Crippen molar-refractivity contribution < 1.29 is 9.47 Å². The van der Waals surface area contributed by atoms with E-state index in [1.807, 2.05) is 24.3 Å². The number of rotatable bonds is 6. The molecule has 6 nitrogen and oxygen atoms in total. The van der Waals surface area contributed by atoms with Crippen molar-refractivity contribution in [1.82, 2.24) is 10.7 Å². The summed E-state index contributed by atoms with van der Waals surface area (Å²) in [6, 6.07) is 7.73. The maximum Gasteiger partial charge on any atom is 0.206 e. The molecule has 0 saturated carbocycles. The van der Waals surface area contributed by atoms with Crippen molar-refractivity contribution in [2.75, 3.05) is 27.4 Å². The van der Waals surface area contributed by atoms with Gasteiger partial charge in [0.15, 0.2) is 0 Å². The van der Waals surface area contributed by atoms with E-state index in [0.717, 1.165) is 11.3 Å². The van der Waals surface area contributed by atoms with Crippen molar-refractivity contribution in [1.29, 1.82) is 0 Å². The average molecular weight is 252 g/mol. The summed E-state index contributed by atoms with van der Waals surface area (Å²) in [5, 5.41) is 3.03. The van der Waals surface area contributed by atoms with Crippen LogP contribution >= 0.6 is 0 Å². The first-order chi connectivity index (χ1) is 8.81. The van der Waals surface area contributed by atoms with Gasteiger partial charge in [0.2, 0.25) is 5.96 Å². The van der Waals surface area contributed by atoms with Crippen LogP contribution < -0.4 is 21.3 Å². The number of hydrogen-bond acceptors (Lipinski definition) is 4. The van der Waals surface area contributed by atoms with Gasteiger partial charge in [0.25, 0.3) is 0 Å². The molecular weight excluding hydrogens is 232 g/mol. The highest BCUT2D eigenvalue weighted by molar-refractivity contribution is 5.79. The number of nitrogens with two attached hydrogens (primary N) is 1. The first kappa shape index (κ1) is 14.3. The van der Waals surface area contributed by atoms with Gasteiger partial charge < -0.3 is 14.8 Å². The SMILES string of the molecule is COCCNC(=NCc1ccccc1OC)NN. The minimum Gasteiger partial charge on any atom is -0.496 e. The zero-order chi connectivity index (χ0) is 13.2. The Bertz CT molecular complexity index is 382. The number of ether oxygens (including phenoxy) is 2. The Morgan fingerprint density at radius 3 is 2.78 bits per heavy atom. The zero-order valence-corrected chi connectivity index (χ0v) is 10.8. The lowest BCUT2D eigenvalue weighted by Crippen LogP contribution is -2.42. The van der Waals surface area contributed by atoms with Gasteiger partial charge in [0.1, 0.15) is 5.75 Å². The van der Waals surface area contributed by atoms with Crippen LogP contribution in [0.2, 0.25) is 0 Å². The van der Waals surface area contributed by atoms with Crippen molar-refractivity contribution in [3.63, 3.8) is 0 Å². The predicted octanol–water partition coefficient (Wildman–Crippen LogP) is 0.251. The van der Waals surface area contributed by atoms with Crippen LogP contribution in [0.4, 0.5) is 0 Å². The molecule has 0 amide bonds. The van der Waals surface area contributed by atoms with E-state index in [1.54, 1.807) is 14.2 Å². The van der Waals surface area contributed by atoms with Gasteiger partial charge in [0, 0.05) is 19.2 Å². The summed E-state index contributed by atoms with van der Waals surface area (Å²) < 4.78 is 10.2. The summed E-state index contributed by atoms with van der Waals surface area (Å²) in [6.07, 6.45) is 0. The van der Waals surface area contributed by atoms with Gasteiger partial charge in [-0.3, -0.25) is 5.43 Å². The number of methoxy groups -OCH3 is 2. The molecule has 100 valence electrons. The highest BCUT2D eigenvalue weighted by atomic mass is 16.5. The number of para-hydroxylation sites is 1. The van der Waals surface area contributed by atoms with Gasteiger partial charge in [-0.2, -0.15) is 0 Å². The third-order valence-electron chi connectivity index (χ3n) is 2.34. The van der Waals surface area contributed by atoms with Crippen LogP contribution in [-0.2, 0) is 11.3 Å². The van der Waals surface area contributed by atoms with E-state index >= 15 is 0 Å². The average Bonchev–Trinajstić information content (AvgIpc) is 2.43. The van der Waals surface area contributed by atoms with Crippen LogP contribution in [0, 0.1) is 0 Å². The molecule has 6 heteroatoms. The molecule has 0 aliphatic carbocycles. The van der Waals surface area contributed by atoms with Gasteiger partial charge in [-0.25, -0.2) is 10.8 Å². The molecule has 0 bridgehead atoms. The molecule has 1 aromatic rings. The molecule has 4 N–H and O–H groups in total. The molecule has 0 atom stereocenters. The molecule has 18 heavy (non-hydrogen) atoms. The third-order valence-corrected chi connectivity index (χ3v) is 2.34. The molecule has 0 heterocycles. The molecular formula is C12H20N4O2. The minimum absolute atomic E-state index is 0.490. The van der Waals surface area contributed by atoms with Crippen LogP contribution in [-0.4, -0.2) is 33.3 Å². The second-order valence-electron chi connectivity index (χ2n) is 3.54. The molecule has 1 rings (SSSR count). The van der Waals surface area contributed by atoms with Crippen molar-refractivity contribution in [3.8, 4) is 5.75 Å². The number of nitrogens with one attached hydrogen (secondary N) is 2. The van der Waals surface area contributed by atoms with Crippen LogP contribution in [0.3, 0.4) is 0 Å². The molecule has 0 saturated heterocycles. The van der Waals surface area contributed by atoms with Crippen LogP contribution in [0.5, 0.6) is 5.75 Å². The molecule has 0 radical (unpaired) electrons. The first-order valence-electron chi connectivity index (χ1n) is 5.67. The summed E-state index contributed by atoms with van der Waals surface area (Å²) in [5.74, 6) is 6.71. The highest BCUT2D eigenvalue weighted by Crippen LogP contribution is 2.17. The maximum atomic E-state index is 5.37. The van der Waals surface area contributed by atoms with E-state index in [9.17, 15) is 0 Å². The van der Waals surface area contributed by atoms with Crippen molar-refractivity contribution in [2.24, 2.45) is 10.8 Å². The van der Waals surface area contributed by atoms with E-state index in [1.165, 1.54) is 0 Å². The van der Waals surface area contributed by atoms with Gasteiger partial charge >= 0.3 is 0 Å². The topological polar surface area (TPSA) is 80.9 Å². The smallest absolute Gasteiger partial charge is 0.206 e. The second-order valence-corrected chi connectivity index (χ2v) is 3.54. The summed E-state index contributed by atoms with van der Waals surface area (Å²) in [7, 11) is 3.28. The summed E-state index contributed by atoms with van der Waals surface area (Å²) in [5.41, 5.74) is 3.51. The highest BCUT2D eigenvalue weighted by Gasteiger charge is 2.01. The zero-order valence-electron chi connectivity index (χ0n) is 10.8. The number of hydrazine groups is 1. The Kier molecular flexibility index (Phi) is 6.60. The molecule has 0 fully saturated rings. The van der Waals surface area contributed by atoms with E-state index in [0.29, 0.717) is 25.7 Å². The molecule has 0 aliphatic rings. The number of guanidine groups is 1. The van der Waals surface area contributed by atoms with E-state index in [2.05, 4.69) is 15.7 Å². The summed E-state index contributed by atoms with van der Waals surface area (Å²) in [4.78, 5) is 4.33. The Morgan fingerprint density at radius 1 is 1.33 bits per heavy atom. The van der Waals surface area contributed by atoms with Crippen molar-refractivity contribution >= 4 is 5.96 Å². The quantitative estimate of drug-likeness (QED) is 0.222. The number of aliphatic imine (C=N–C) groups is 1. The van der Waals surface area contributed by atoms with Crippen LogP contribution in [0.1, 0.15) is 5.56 Å². The Morgan fingerprint density at radius 2 is 2.11 bits per heavy atom. The molecule has 0 spiro atoms.